The van der Waals surface area contributed by atoms with Gasteiger partial charge in [-0.2, -0.15) is 0 Å². The van der Waals surface area contributed by atoms with Crippen molar-refractivity contribution in [2.75, 3.05) is 19.8 Å². The number of benzene rings is 2. The molecule has 2 rings (SSSR count). The van der Waals surface area contributed by atoms with Gasteiger partial charge in [0.1, 0.15) is 6.61 Å². The Balaban J connectivity index is 2.01. The van der Waals surface area contributed by atoms with E-state index in [1.54, 1.807) is 36.4 Å². The molecule has 2 aromatic rings. The molecule has 1 atom stereocenters. The quantitative estimate of drug-likeness (QED) is 0.0757. The number of rotatable bonds is 17. The average molecular weight is 619 g/mol. The Kier molecular flexibility index (Phi) is 13.0. The Morgan fingerprint density at radius 1 is 0.659 bits per heavy atom. The molecule has 224 valence electrons. The zero-order valence-corrected chi connectivity index (χ0v) is 28.1. The summed E-state index contributed by atoms with van der Waals surface area (Å²) in [6, 6.07) is 16.7. The van der Waals surface area contributed by atoms with Crippen LogP contribution in [-0.4, -0.2) is 74.6 Å². The number of hydrogen-bond donors (Lipinski definition) is 0. The topological polar surface area (TPSA) is 114 Å². The van der Waals surface area contributed by atoms with Crippen LogP contribution in [0.3, 0.4) is 0 Å². The first-order chi connectivity index (χ1) is 19.1. The van der Waals surface area contributed by atoms with Crippen LogP contribution in [0.15, 0.2) is 60.7 Å². The Morgan fingerprint density at radius 2 is 1.12 bits per heavy atom. The van der Waals surface area contributed by atoms with E-state index in [9.17, 15) is 19.2 Å². The molecule has 41 heavy (non-hydrogen) atoms. The Bertz CT molecular complexity index is 1140. The van der Waals surface area contributed by atoms with Gasteiger partial charge in [0.15, 0.2) is 22.7 Å². The summed E-state index contributed by atoms with van der Waals surface area (Å²) >= 11 is 0. The lowest BCUT2D eigenvalue weighted by Crippen LogP contribution is -2.52. The summed E-state index contributed by atoms with van der Waals surface area (Å²) in [7, 11) is -6.12. The van der Waals surface area contributed by atoms with Gasteiger partial charge in [-0.1, -0.05) is 60.7 Å². The molecular formula is C29H42O9Si3. The van der Waals surface area contributed by atoms with E-state index in [-0.39, 0.29) is 17.7 Å². The third kappa shape index (κ3) is 13.2. The predicted molar refractivity (Wildman–Crippen MR) is 163 cm³/mol. The van der Waals surface area contributed by atoms with Crippen molar-refractivity contribution in [3.05, 3.63) is 71.8 Å². The largest absolute Gasteiger partial charge is 0.456 e. The first kappa shape index (κ1) is 34.5. The molecule has 0 aliphatic heterocycles. The fraction of sp³-hybridized carbons (Fsp3) is 0.448. The SMILES string of the molecule is C[Si](C)(C)O[Si](C)(CCCOCC(COC(=O)C(=O)c1ccccc1)OC(=O)C(=O)c1ccccc1)O[Si](C)(C)C. The van der Waals surface area contributed by atoms with Gasteiger partial charge in [0.2, 0.25) is 0 Å². The van der Waals surface area contributed by atoms with Crippen molar-refractivity contribution >= 4 is 48.7 Å². The second-order valence-corrected chi connectivity index (χ2v) is 24.6. The average Bonchev–Trinajstić information content (AvgIpc) is 2.89. The van der Waals surface area contributed by atoms with Crippen LogP contribution in [0.4, 0.5) is 0 Å². The predicted octanol–water partition coefficient (Wildman–Crippen LogP) is 5.39. The molecule has 0 aliphatic rings. The Morgan fingerprint density at radius 3 is 1.59 bits per heavy atom. The lowest BCUT2D eigenvalue weighted by atomic mass is 10.1. The van der Waals surface area contributed by atoms with Crippen molar-refractivity contribution < 1.29 is 41.6 Å². The third-order valence-electron chi connectivity index (χ3n) is 5.38. The number of ether oxygens (including phenoxy) is 3. The van der Waals surface area contributed by atoms with Crippen LogP contribution in [0, 0.1) is 0 Å². The van der Waals surface area contributed by atoms with E-state index in [4.69, 9.17) is 22.4 Å². The van der Waals surface area contributed by atoms with Gasteiger partial charge in [-0.05, 0) is 58.3 Å². The minimum atomic E-state index is -2.44. The molecule has 0 spiro atoms. The molecule has 0 aromatic heterocycles. The number of ketones is 2. The Hall–Kier alpha value is -2.75. The van der Waals surface area contributed by atoms with Crippen LogP contribution in [0.25, 0.3) is 0 Å². The maximum Gasteiger partial charge on any atom is 0.380 e. The smallest absolute Gasteiger partial charge is 0.380 e. The molecule has 9 nitrogen and oxygen atoms in total. The first-order valence-corrected chi connectivity index (χ1v) is 23.0. The van der Waals surface area contributed by atoms with E-state index in [2.05, 4.69) is 45.8 Å². The fourth-order valence-electron chi connectivity index (χ4n) is 4.10. The van der Waals surface area contributed by atoms with Crippen molar-refractivity contribution in [3.8, 4) is 0 Å². The first-order valence-electron chi connectivity index (χ1n) is 13.6. The van der Waals surface area contributed by atoms with Crippen LogP contribution in [0.2, 0.25) is 51.9 Å². The zero-order chi connectivity index (χ0) is 30.7. The summed E-state index contributed by atoms with van der Waals surface area (Å²) < 4.78 is 29.3. The third-order valence-corrected chi connectivity index (χ3v) is 15.0. The van der Waals surface area contributed by atoms with Gasteiger partial charge in [0, 0.05) is 17.7 Å². The van der Waals surface area contributed by atoms with Gasteiger partial charge in [0.25, 0.3) is 11.6 Å². The highest BCUT2D eigenvalue weighted by atomic mass is 28.5. The van der Waals surface area contributed by atoms with Crippen molar-refractivity contribution in [2.24, 2.45) is 0 Å². The van der Waals surface area contributed by atoms with E-state index < -0.39 is 61.4 Å². The van der Waals surface area contributed by atoms with Crippen molar-refractivity contribution in [2.45, 2.75) is 64.4 Å². The number of carbonyl (C=O) groups excluding carboxylic acids is 4. The molecule has 0 N–H and O–H groups in total. The van der Waals surface area contributed by atoms with Gasteiger partial charge < -0.3 is 22.4 Å². The van der Waals surface area contributed by atoms with E-state index in [0.29, 0.717) is 13.0 Å². The van der Waals surface area contributed by atoms with Crippen LogP contribution in [-0.2, 0) is 32.0 Å². The summed E-state index contributed by atoms with van der Waals surface area (Å²) in [4.78, 5) is 49.9. The molecule has 0 radical (unpaired) electrons. The number of hydrogen-bond acceptors (Lipinski definition) is 9. The summed E-state index contributed by atoms with van der Waals surface area (Å²) in [6.45, 7) is 14.7. The maximum atomic E-state index is 12.6. The number of esters is 2. The highest BCUT2D eigenvalue weighted by Crippen LogP contribution is 2.25. The van der Waals surface area contributed by atoms with Gasteiger partial charge in [-0.3, -0.25) is 9.59 Å². The summed E-state index contributed by atoms with van der Waals surface area (Å²) in [5.74, 6) is -3.87. The van der Waals surface area contributed by atoms with Gasteiger partial charge in [-0.15, -0.1) is 0 Å². The summed E-state index contributed by atoms with van der Waals surface area (Å²) in [5.41, 5.74) is 0.345. The highest BCUT2D eigenvalue weighted by Gasteiger charge is 2.39. The molecule has 0 aliphatic carbocycles. The molecule has 2 aromatic carbocycles. The van der Waals surface area contributed by atoms with E-state index in [1.807, 2.05) is 0 Å². The summed E-state index contributed by atoms with van der Waals surface area (Å²) in [6.07, 6.45) is -0.448. The van der Waals surface area contributed by atoms with Crippen molar-refractivity contribution in [1.82, 2.24) is 0 Å². The van der Waals surface area contributed by atoms with E-state index >= 15 is 0 Å². The molecule has 0 fully saturated rings. The second kappa shape index (κ2) is 15.5. The second-order valence-electron chi connectivity index (χ2n) is 11.8. The molecule has 1 unspecified atom stereocenters. The minimum Gasteiger partial charge on any atom is -0.456 e. The standard InChI is InChI=1S/C29H42O9Si3/c1-39(2,3)37-41(7,38-40(4,5)6)20-14-19-34-21-25(36-29(33)27(31)24-17-12-9-13-18-24)22-35-28(32)26(30)23-15-10-8-11-16-23/h8-13,15-18,25H,14,19-22H2,1-7H3. The summed E-state index contributed by atoms with van der Waals surface area (Å²) in [5, 5.41) is 0. The normalized spacial score (nSPS) is 12.9. The molecule has 0 heterocycles. The molecule has 0 amide bonds. The monoisotopic (exact) mass is 618 g/mol. The zero-order valence-electron chi connectivity index (χ0n) is 25.1. The van der Waals surface area contributed by atoms with E-state index in [0.717, 1.165) is 6.04 Å². The lowest BCUT2D eigenvalue weighted by Gasteiger charge is -2.38. The molecule has 0 saturated carbocycles. The fourth-order valence-corrected chi connectivity index (χ4v) is 16.6. The Labute approximate surface area is 246 Å². The lowest BCUT2D eigenvalue weighted by molar-refractivity contribution is -0.156. The maximum absolute atomic E-state index is 12.6. The highest BCUT2D eigenvalue weighted by molar-refractivity contribution is 6.87. The van der Waals surface area contributed by atoms with Crippen LogP contribution in [0.5, 0.6) is 0 Å². The number of carbonyl (C=O) groups is 4. The number of Topliss-reactive ketones (excluding diaryl/α,β-unsaturated/α-hetero) is 2. The van der Waals surface area contributed by atoms with Gasteiger partial charge in [0.05, 0.1) is 6.61 Å². The molecule has 12 heteroatoms. The minimum absolute atomic E-state index is 0.136. The van der Waals surface area contributed by atoms with Crippen LogP contribution >= 0.6 is 0 Å². The van der Waals surface area contributed by atoms with Crippen molar-refractivity contribution in [1.29, 1.82) is 0 Å². The molecular weight excluding hydrogens is 577 g/mol. The van der Waals surface area contributed by atoms with E-state index in [1.165, 1.54) is 24.3 Å². The van der Waals surface area contributed by atoms with Crippen molar-refractivity contribution in [3.63, 3.8) is 0 Å². The van der Waals surface area contributed by atoms with Crippen LogP contribution < -0.4 is 0 Å². The molecule has 0 saturated heterocycles. The van der Waals surface area contributed by atoms with Gasteiger partial charge in [-0.25, -0.2) is 9.59 Å². The van der Waals surface area contributed by atoms with Crippen LogP contribution in [0.1, 0.15) is 27.1 Å². The van der Waals surface area contributed by atoms with Gasteiger partial charge >= 0.3 is 20.5 Å². The molecule has 0 bridgehead atoms.